The van der Waals surface area contributed by atoms with Gasteiger partial charge < -0.3 is 15.3 Å². The minimum Gasteiger partial charge on any atom is -0.390 e. The summed E-state index contributed by atoms with van der Waals surface area (Å²) in [5.41, 5.74) is -6.51. The summed E-state index contributed by atoms with van der Waals surface area (Å²) in [6.45, 7) is 6.52. The molecule has 3 rings (SSSR count). The maximum Gasteiger partial charge on any atom is 0.164 e. The number of alkyl halides is 1. The average molecular weight is 384 g/mol. The molecular weight excluding hydrogens is 351 g/mol. The highest BCUT2D eigenvalue weighted by atomic mass is 19.1. The van der Waals surface area contributed by atoms with Crippen molar-refractivity contribution in [3.05, 3.63) is 0 Å². The zero-order chi connectivity index (χ0) is 20.4. The normalized spacial score (nSPS) is 52.4. The van der Waals surface area contributed by atoms with Crippen molar-refractivity contribution in [2.45, 2.75) is 96.1 Å². The SMILES string of the molecule is CCCC[C@@]1(C)C(=O)CC[C@H]2[C@@H]3C[C@@H](O)[C@](O)(C(C)=O)[C@@]3(C)C[C@H](O)C21F. The van der Waals surface area contributed by atoms with Gasteiger partial charge in [-0.25, -0.2) is 4.39 Å². The fraction of sp³-hybridized carbons (Fsp3) is 0.905. The van der Waals surface area contributed by atoms with E-state index in [9.17, 15) is 24.9 Å². The topological polar surface area (TPSA) is 94.8 Å². The first-order valence-electron chi connectivity index (χ1n) is 10.2. The molecule has 0 aromatic carbocycles. The van der Waals surface area contributed by atoms with Gasteiger partial charge in [-0.3, -0.25) is 9.59 Å². The van der Waals surface area contributed by atoms with Gasteiger partial charge in [-0.2, -0.15) is 0 Å². The number of unbranched alkanes of at least 4 members (excludes halogenated alkanes) is 1. The molecule has 0 bridgehead atoms. The summed E-state index contributed by atoms with van der Waals surface area (Å²) >= 11 is 0. The van der Waals surface area contributed by atoms with E-state index in [0.29, 0.717) is 12.8 Å². The third kappa shape index (κ3) is 2.32. The predicted molar refractivity (Wildman–Crippen MR) is 97.7 cm³/mol. The van der Waals surface area contributed by atoms with Crippen LogP contribution in [0.5, 0.6) is 0 Å². The molecule has 0 aromatic rings. The predicted octanol–water partition coefficient (Wildman–Crippen LogP) is 2.34. The molecule has 0 radical (unpaired) electrons. The molecule has 1 unspecified atom stereocenters. The number of rotatable bonds is 4. The smallest absolute Gasteiger partial charge is 0.164 e. The van der Waals surface area contributed by atoms with Crippen LogP contribution in [0.4, 0.5) is 4.39 Å². The molecule has 3 aliphatic carbocycles. The molecule has 3 saturated carbocycles. The van der Waals surface area contributed by atoms with Crippen molar-refractivity contribution in [3.63, 3.8) is 0 Å². The number of aliphatic hydroxyl groups excluding tert-OH is 2. The van der Waals surface area contributed by atoms with Crippen LogP contribution in [0.25, 0.3) is 0 Å². The Morgan fingerprint density at radius 2 is 1.85 bits per heavy atom. The van der Waals surface area contributed by atoms with Gasteiger partial charge >= 0.3 is 0 Å². The van der Waals surface area contributed by atoms with E-state index in [2.05, 4.69) is 0 Å². The van der Waals surface area contributed by atoms with Gasteiger partial charge in [0.25, 0.3) is 0 Å². The number of fused-ring (bicyclic) bond motifs is 3. The molecule has 0 amide bonds. The number of halogens is 1. The summed E-state index contributed by atoms with van der Waals surface area (Å²) in [5.74, 6) is -1.85. The molecule has 3 aliphatic rings. The van der Waals surface area contributed by atoms with Crippen LogP contribution in [0.3, 0.4) is 0 Å². The Morgan fingerprint density at radius 1 is 1.22 bits per heavy atom. The summed E-state index contributed by atoms with van der Waals surface area (Å²) in [5, 5.41) is 32.7. The van der Waals surface area contributed by atoms with Crippen LogP contribution < -0.4 is 0 Å². The van der Waals surface area contributed by atoms with Crippen LogP contribution in [-0.4, -0.2) is 50.4 Å². The zero-order valence-corrected chi connectivity index (χ0v) is 16.8. The lowest BCUT2D eigenvalue weighted by Crippen LogP contribution is -2.70. The van der Waals surface area contributed by atoms with Gasteiger partial charge in [-0.15, -0.1) is 0 Å². The third-order valence-corrected chi connectivity index (χ3v) is 8.49. The highest BCUT2D eigenvalue weighted by Crippen LogP contribution is 2.68. The molecule has 0 spiro atoms. The second-order valence-corrected chi connectivity index (χ2v) is 9.59. The van der Waals surface area contributed by atoms with E-state index in [0.717, 1.165) is 6.42 Å². The van der Waals surface area contributed by atoms with Crippen molar-refractivity contribution < 1.29 is 29.3 Å². The zero-order valence-electron chi connectivity index (χ0n) is 16.8. The van der Waals surface area contributed by atoms with Crippen LogP contribution in [0.15, 0.2) is 0 Å². The summed E-state index contributed by atoms with van der Waals surface area (Å²) in [6, 6.07) is 0. The fourth-order valence-electron chi connectivity index (χ4n) is 6.80. The van der Waals surface area contributed by atoms with Crippen LogP contribution in [0, 0.1) is 22.7 Å². The quantitative estimate of drug-likeness (QED) is 0.692. The number of Topliss-reactive ketones (excluding diaryl/α,β-unsaturated/α-hetero) is 2. The molecule has 0 aliphatic heterocycles. The minimum atomic E-state index is -2.11. The van der Waals surface area contributed by atoms with Gasteiger partial charge in [-0.1, -0.05) is 26.7 Å². The van der Waals surface area contributed by atoms with Gasteiger partial charge in [0.15, 0.2) is 17.1 Å². The Balaban J connectivity index is 2.10. The van der Waals surface area contributed by atoms with Crippen molar-refractivity contribution in [1.29, 1.82) is 0 Å². The summed E-state index contributed by atoms with van der Waals surface area (Å²) in [4.78, 5) is 25.1. The number of hydrogen-bond donors (Lipinski definition) is 3. The first-order chi connectivity index (χ1) is 12.4. The largest absolute Gasteiger partial charge is 0.390 e. The van der Waals surface area contributed by atoms with Gasteiger partial charge in [0.05, 0.1) is 17.6 Å². The van der Waals surface area contributed by atoms with Crippen LogP contribution in [0.2, 0.25) is 0 Å². The van der Waals surface area contributed by atoms with Crippen molar-refractivity contribution in [1.82, 2.24) is 0 Å². The number of hydrogen-bond acceptors (Lipinski definition) is 5. The monoisotopic (exact) mass is 384 g/mol. The molecule has 8 atom stereocenters. The number of aliphatic hydroxyl groups is 3. The second kappa shape index (κ2) is 6.33. The molecule has 0 saturated heterocycles. The highest BCUT2D eigenvalue weighted by Gasteiger charge is 2.76. The molecule has 0 heterocycles. The lowest BCUT2D eigenvalue weighted by molar-refractivity contribution is -0.234. The van der Waals surface area contributed by atoms with Gasteiger partial charge in [0.1, 0.15) is 5.78 Å². The van der Waals surface area contributed by atoms with Crippen molar-refractivity contribution >= 4 is 11.6 Å². The molecule has 5 nitrogen and oxygen atoms in total. The molecular formula is C21H33FO5. The summed E-state index contributed by atoms with van der Waals surface area (Å²) in [6.07, 6.45) is -0.418. The Bertz CT molecular complexity index is 652. The standard InChI is InChI=1S/C21H33FO5/c1-5-6-9-18(3)15(24)8-7-13-14-10-16(25)21(27,12(2)23)19(14,4)11-17(26)20(13,18)22/h13-14,16-17,25-27H,5-11H2,1-4H3/t13-,14-,16+,17-,18-,19-,20?,21+/m0/s1. The Labute approximate surface area is 160 Å². The Morgan fingerprint density at radius 3 is 2.41 bits per heavy atom. The first kappa shape index (κ1) is 20.9. The fourth-order valence-corrected chi connectivity index (χ4v) is 6.80. The van der Waals surface area contributed by atoms with E-state index in [1.54, 1.807) is 13.8 Å². The third-order valence-electron chi connectivity index (χ3n) is 8.49. The summed E-state index contributed by atoms with van der Waals surface area (Å²) in [7, 11) is 0. The van der Waals surface area contributed by atoms with E-state index >= 15 is 4.39 Å². The Hall–Kier alpha value is -0.850. The van der Waals surface area contributed by atoms with E-state index in [1.807, 2.05) is 6.92 Å². The molecule has 27 heavy (non-hydrogen) atoms. The summed E-state index contributed by atoms with van der Waals surface area (Å²) < 4.78 is 16.7. The minimum absolute atomic E-state index is 0.105. The number of carbonyl (C=O) groups excluding carboxylic acids is 2. The van der Waals surface area contributed by atoms with Crippen molar-refractivity contribution in [3.8, 4) is 0 Å². The van der Waals surface area contributed by atoms with Crippen LogP contribution >= 0.6 is 0 Å². The van der Waals surface area contributed by atoms with Crippen molar-refractivity contribution in [2.24, 2.45) is 22.7 Å². The first-order valence-corrected chi connectivity index (χ1v) is 10.2. The average Bonchev–Trinajstić information content (AvgIpc) is 2.80. The lowest BCUT2D eigenvalue weighted by Gasteiger charge is -2.61. The van der Waals surface area contributed by atoms with E-state index in [4.69, 9.17) is 0 Å². The van der Waals surface area contributed by atoms with Gasteiger partial charge in [0, 0.05) is 17.8 Å². The van der Waals surface area contributed by atoms with Gasteiger partial charge in [-0.05, 0) is 45.4 Å². The highest BCUT2D eigenvalue weighted by molar-refractivity contribution is 5.88. The van der Waals surface area contributed by atoms with Gasteiger partial charge in [0.2, 0.25) is 0 Å². The van der Waals surface area contributed by atoms with E-state index in [-0.39, 0.29) is 31.5 Å². The Kier molecular flexibility index (Phi) is 4.89. The van der Waals surface area contributed by atoms with E-state index < -0.39 is 51.9 Å². The molecule has 154 valence electrons. The molecule has 6 heteroatoms. The van der Waals surface area contributed by atoms with Crippen LogP contribution in [0.1, 0.15) is 72.6 Å². The number of carbonyl (C=O) groups is 2. The molecule has 3 N–H and O–H groups in total. The second-order valence-electron chi connectivity index (χ2n) is 9.59. The molecule has 0 aromatic heterocycles. The maximum absolute atomic E-state index is 16.7. The number of ketones is 2. The maximum atomic E-state index is 16.7. The lowest BCUT2D eigenvalue weighted by atomic mass is 9.45. The van der Waals surface area contributed by atoms with Crippen molar-refractivity contribution in [2.75, 3.05) is 0 Å². The molecule has 3 fully saturated rings. The van der Waals surface area contributed by atoms with Crippen LogP contribution in [-0.2, 0) is 9.59 Å². The van der Waals surface area contributed by atoms with E-state index in [1.165, 1.54) is 6.92 Å².